The van der Waals surface area contributed by atoms with Crippen LogP contribution in [0.4, 0.5) is 20.2 Å². The monoisotopic (exact) mass is 572 g/mol. The molecule has 0 bridgehead atoms. The van der Waals surface area contributed by atoms with E-state index in [0.717, 1.165) is 42.4 Å². The Morgan fingerprint density at radius 2 is 1.46 bits per heavy atom. The van der Waals surface area contributed by atoms with Gasteiger partial charge in [0, 0.05) is 11.4 Å². The topological polar surface area (TPSA) is 61.3 Å². The predicted octanol–water partition coefficient (Wildman–Crippen LogP) is 10.0. The summed E-state index contributed by atoms with van der Waals surface area (Å²) in [5.41, 5.74) is 12.2. The average Bonchev–Trinajstić information content (AvgIpc) is 3.22. The summed E-state index contributed by atoms with van der Waals surface area (Å²) in [7, 11) is 0. The molecule has 0 radical (unpaired) electrons. The Kier molecular flexibility index (Phi) is 8.32. The van der Waals surface area contributed by atoms with Crippen LogP contribution >= 0.6 is 0 Å². The smallest absolute Gasteiger partial charge is 0.383 e. The van der Waals surface area contributed by atoms with Gasteiger partial charge in [-0.1, -0.05) is 67.7 Å². The molecule has 0 aliphatic heterocycles. The van der Waals surface area contributed by atoms with Gasteiger partial charge in [0.2, 0.25) is 0 Å². The maximum atomic E-state index is 15.5. The number of fused-ring (bicyclic) bond motifs is 5. The van der Waals surface area contributed by atoms with Gasteiger partial charge in [-0.05, 0) is 127 Å². The maximum Gasteiger partial charge on any atom is 0.383 e. The summed E-state index contributed by atoms with van der Waals surface area (Å²) in [6.07, 6.45) is 9.62. The second-order valence-corrected chi connectivity index (χ2v) is 16.4. The predicted molar refractivity (Wildman–Crippen MR) is 166 cm³/mol. The first-order valence-corrected chi connectivity index (χ1v) is 16.8. The molecule has 5 rings (SSSR count). The second kappa shape index (κ2) is 11.0. The van der Waals surface area contributed by atoms with Crippen LogP contribution < -0.4 is 11.5 Å². The van der Waals surface area contributed by atoms with Gasteiger partial charge in [0.15, 0.2) is 0 Å². The Morgan fingerprint density at radius 3 is 2.12 bits per heavy atom. The molecule has 2 unspecified atom stereocenters. The minimum absolute atomic E-state index is 0.186. The van der Waals surface area contributed by atoms with E-state index in [9.17, 15) is 0 Å². The van der Waals surface area contributed by atoms with E-state index in [-0.39, 0.29) is 27.8 Å². The maximum absolute atomic E-state index is 15.5. The molecule has 4 N–H and O–H groups in total. The van der Waals surface area contributed by atoms with Crippen LogP contribution in [0.5, 0.6) is 0 Å². The van der Waals surface area contributed by atoms with Crippen molar-refractivity contribution in [3.63, 3.8) is 0 Å². The molecule has 9 atom stereocenters. The Bertz CT molecular complexity index is 1070. The molecular weight excluding hydrogens is 514 g/mol. The third kappa shape index (κ3) is 5.44. The van der Waals surface area contributed by atoms with Crippen molar-refractivity contribution in [1.82, 2.24) is 0 Å². The van der Waals surface area contributed by atoms with Gasteiger partial charge in [0.25, 0.3) is 0 Å². The van der Waals surface area contributed by atoms with Crippen LogP contribution in [0.15, 0.2) is 18.2 Å². The van der Waals surface area contributed by atoms with Crippen molar-refractivity contribution in [3.8, 4) is 0 Å². The van der Waals surface area contributed by atoms with E-state index < -0.39 is 12.2 Å². The van der Waals surface area contributed by atoms with Crippen LogP contribution in [-0.2, 0) is 10.8 Å². The van der Waals surface area contributed by atoms with E-state index in [1.54, 1.807) is 0 Å². The highest BCUT2D eigenvalue weighted by atomic mass is 19.3. The van der Waals surface area contributed by atoms with E-state index >= 15 is 8.78 Å². The van der Waals surface area contributed by atoms with Crippen molar-refractivity contribution < 1.29 is 13.5 Å². The van der Waals surface area contributed by atoms with Crippen molar-refractivity contribution in [2.75, 3.05) is 11.5 Å². The number of benzene rings is 1. The summed E-state index contributed by atoms with van der Waals surface area (Å²) >= 11 is 0. The Balaban J connectivity index is 1.30. The standard InChI is InChI=1S/C36H58F2N2O/c1-22(2)9-8-10-23(3)28-12-13-29-27-11-14-31-33(4,5)32(16-18-35(31,7)30(27)15-17-34(28,29)6)41-36(37,38)24-19-25(39)21-26(40)20-24/h19-23,27-32H,8-18,39-40H2,1-7H3/t23-,27+,28-,29+,30+,31?,32?,34-,35-/m1/s1. The van der Waals surface area contributed by atoms with Gasteiger partial charge in [-0.25, -0.2) is 0 Å². The Labute approximate surface area is 248 Å². The molecule has 4 aliphatic carbocycles. The van der Waals surface area contributed by atoms with Gasteiger partial charge >= 0.3 is 6.11 Å². The van der Waals surface area contributed by atoms with E-state index in [0.29, 0.717) is 23.7 Å². The summed E-state index contributed by atoms with van der Waals surface area (Å²) in [5.74, 6) is 5.16. The molecule has 3 nitrogen and oxygen atoms in total. The van der Waals surface area contributed by atoms with E-state index in [1.165, 1.54) is 69.6 Å². The van der Waals surface area contributed by atoms with Crippen molar-refractivity contribution >= 4 is 11.4 Å². The molecule has 0 aromatic heterocycles. The molecule has 4 aliphatic rings. The molecule has 0 spiro atoms. The van der Waals surface area contributed by atoms with Crippen LogP contribution in [0.1, 0.15) is 125 Å². The summed E-state index contributed by atoms with van der Waals surface area (Å²) in [5, 5.41) is 0. The lowest BCUT2D eigenvalue weighted by molar-refractivity contribution is -0.312. The van der Waals surface area contributed by atoms with Gasteiger partial charge in [-0.2, -0.15) is 8.78 Å². The zero-order valence-electron chi connectivity index (χ0n) is 26.9. The van der Waals surface area contributed by atoms with E-state index in [4.69, 9.17) is 16.2 Å². The molecule has 0 amide bonds. The lowest BCUT2D eigenvalue weighted by Crippen LogP contribution is -2.60. The first-order valence-electron chi connectivity index (χ1n) is 16.8. The van der Waals surface area contributed by atoms with Crippen molar-refractivity contribution in [3.05, 3.63) is 23.8 Å². The number of hydrogen-bond donors (Lipinski definition) is 2. The first-order chi connectivity index (χ1) is 19.1. The zero-order chi connectivity index (χ0) is 30.0. The van der Waals surface area contributed by atoms with Gasteiger partial charge in [0.05, 0.1) is 11.7 Å². The Morgan fingerprint density at radius 1 is 0.829 bits per heavy atom. The molecule has 4 saturated carbocycles. The highest BCUT2D eigenvalue weighted by Crippen LogP contribution is 2.70. The highest BCUT2D eigenvalue weighted by Gasteiger charge is 2.64. The van der Waals surface area contributed by atoms with Gasteiger partial charge < -0.3 is 16.2 Å². The fourth-order valence-corrected chi connectivity index (χ4v) is 11.4. The number of anilines is 2. The molecule has 1 aromatic rings. The zero-order valence-corrected chi connectivity index (χ0v) is 26.9. The number of nitrogen functional groups attached to an aromatic ring is 2. The van der Waals surface area contributed by atoms with Gasteiger partial charge in [-0.15, -0.1) is 0 Å². The number of alkyl halides is 2. The lowest BCUT2D eigenvalue weighted by atomic mass is 9.41. The number of hydrogen-bond acceptors (Lipinski definition) is 3. The third-order valence-electron chi connectivity index (χ3n) is 13.3. The van der Waals surface area contributed by atoms with E-state index in [1.807, 2.05) is 0 Å². The molecule has 0 saturated heterocycles. The highest BCUT2D eigenvalue weighted by molar-refractivity contribution is 5.55. The normalized spacial score (nSPS) is 39.2. The number of nitrogens with two attached hydrogens (primary N) is 2. The summed E-state index contributed by atoms with van der Waals surface area (Å²) in [6.45, 7) is 16.8. The van der Waals surface area contributed by atoms with Crippen LogP contribution in [-0.4, -0.2) is 6.10 Å². The molecule has 41 heavy (non-hydrogen) atoms. The lowest BCUT2D eigenvalue weighted by Gasteiger charge is -2.65. The van der Waals surface area contributed by atoms with Crippen molar-refractivity contribution in [2.45, 2.75) is 131 Å². The molecular formula is C36H58F2N2O. The fraction of sp³-hybridized carbons (Fsp3) is 0.833. The largest absolute Gasteiger partial charge is 0.399 e. The van der Waals surface area contributed by atoms with E-state index in [2.05, 4.69) is 48.5 Å². The number of ether oxygens (including phenoxy) is 1. The minimum atomic E-state index is -3.42. The summed E-state index contributed by atoms with van der Waals surface area (Å²) in [4.78, 5) is 0. The number of rotatable bonds is 8. The van der Waals surface area contributed by atoms with Gasteiger partial charge in [0.1, 0.15) is 0 Å². The molecule has 232 valence electrons. The number of halogens is 2. The fourth-order valence-electron chi connectivity index (χ4n) is 11.4. The molecule has 1 aromatic carbocycles. The van der Waals surface area contributed by atoms with Crippen LogP contribution in [0.2, 0.25) is 0 Å². The average molecular weight is 573 g/mol. The van der Waals surface area contributed by atoms with Crippen molar-refractivity contribution in [2.24, 2.45) is 57.7 Å². The summed E-state index contributed by atoms with van der Waals surface area (Å²) < 4.78 is 36.8. The Hall–Kier alpha value is -1.36. The van der Waals surface area contributed by atoms with Crippen LogP contribution in [0, 0.1) is 57.7 Å². The minimum Gasteiger partial charge on any atom is -0.399 e. The van der Waals surface area contributed by atoms with Crippen molar-refractivity contribution in [1.29, 1.82) is 0 Å². The quantitative estimate of drug-likeness (QED) is 0.305. The SMILES string of the molecule is CC(C)CCC[C@@H](C)[C@H]1CC[C@H]2[C@@H]3CCC4C(C)(C)C(OC(F)(F)c5cc(N)cc(N)c5)CC[C@]4(C)[C@H]3CC[C@]12C. The summed E-state index contributed by atoms with van der Waals surface area (Å²) in [6, 6.07) is 4.09. The third-order valence-corrected chi connectivity index (χ3v) is 13.3. The first kappa shape index (κ1) is 31.1. The van der Waals surface area contributed by atoms with Gasteiger partial charge in [-0.3, -0.25) is 0 Å². The molecule has 5 heteroatoms. The molecule has 4 fully saturated rings. The van der Waals surface area contributed by atoms with Crippen LogP contribution in [0.3, 0.4) is 0 Å². The second-order valence-electron chi connectivity index (χ2n) is 16.4. The van der Waals surface area contributed by atoms with Crippen LogP contribution in [0.25, 0.3) is 0 Å². The molecule has 0 heterocycles.